The molecule has 2 aromatic rings. The molecule has 2 aliphatic rings. The molecule has 0 bridgehead atoms. The number of ether oxygens (including phenoxy) is 1. The van der Waals surface area contributed by atoms with Gasteiger partial charge in [-0.25, -0.2) is 4.98 Å². The SMILES string of the molecule is Cn1ccnc1[C@@H]1OCC[C@H]1CN1CCC(CO)(c2ccccc2)CC1. The maximum atomic E-state index is 10.1. The summed E-state index contributed by atoms with van der Waals surface area (Å²) >= 11 is 0. The average molecular weight is 355 g/mol. The molecule has 2 fully saturated rings. The number of rotatable bonds is 5. The normalized spacial score (nSPS) is 26.2. The number of imidazole rings is 1. The number of hydrogen-bond donors (Lipinski definition) is 1. The van der Waals surface area contributed by atoms with Crippen molar-refractivity contribution in [2.45, 2.75) is 30.8 Å². The number of aromatic nitrogens is 2. The second-order valence-electron chi connectivity index (χ2n) is 7.84. The van der Waals surface area contributed by atoms with Crippen LogP contribution in [0, 0.1) is 5.92 Å². The third kappa shape index (κ3) is 3.31. The Morgan fingerprint density at radius 3 is 2.65 bits per heavy atom. The van der Waals surface area contributed by atoms with E-state index in [0.29, 0.717) is 5.92 Å². The summed E-state index contributed by atoms with van der Waals surface area (Å²) in [5.74, 6) is 1.54. The lowest BCUT2D eigenvalue weighted by Gasteiger charge is -2.42. The predicted octanol–water partition coefficient (Wildman–Crippen LogP) is 2.52. The molecule has 140 valence electrons. The van der Waals surface area contributed by atoms with Crippen molar-refractivity contribution < 1.29 is 9.84 Å². The van der Waals surface area contributed by atoms with Crippen molar-refractivity contribution in [3.63, 3.8) is 0 Å². The standard InChI is InChI=1S/C21H29N3O2/c1-23-13-10-22-20(23)19-17(7-14-26-19)15-24-11-8-21(16-25,9-12-24)18-5-3-2-4-6-18/h2-6,10,13,17,19,25H,7-9,11-12,14-16H2,1H3/t17-,19+/m0/s1. The lowest BCUT2D eigenvalue weighted by molar-refractivity contribution is 0.0532. The maximum Gasteiger partial charge on any atom is 0.137 e. The molecular weight excluding hydrogens is 326 g/mol. The highest BCUT2D eigenvalue weighted by Crippen LogP contribution is 2.38. The number of aliphatic hydroxyl groups excluding tert-OH is 1. The summed E-state index contributed by atoms with van der Waals surface area (Å²) in [5, 5.41) is 10.1. The van der Waals surface area contributed by atoms with E-state index in [1.54, 1.807) is 0 Å². The van der Waals surface area contributed by atoms with Crippen molar-refractivity contribution in [3.05, 3.63) is 54.1 Å². The minimum atomic E-state index is -0.0803. The summed E-state index contributed by atoms with van der Waals surface area (Å²) in [5.41, 5.74) is 1.19. The number of piperidine rings is 1. The van der Waals surface area contributed by atoms with Gasteiger partial charge in [-0.05, 0) is 37.9 Å². The van der Waals surface area contributed by atoms with Gasteiger partial charge >= 0.3 is 0 Å². The highest BCUT2D eigenvalue weighted by Gasteiger charge is 2.38. The summed E-state index contributed by atoms with van der Waals surface area (Å²) in [6.45, 7) is 4.15. The van der Waals surface area contributed by atoms with Gasteiger partial charge in [0.2, 0.25) is 0 Å². The highest BCUT2D eigenvalue weighted by atomic mass is 16.5. The Balaban J connectivity index is 1.40. The van der Waals surface area contributed by atoms with Crippen LogP contribution in [0.25, 0.3) is 0 Å². The minimum absolute atomic E-state index is 0.0803. The lowest BCUT2D eigenvalue weighted by Crippen LogP contribution is -2.46. The first-order chi connectivity index (χ1) is 12.7. The molecule has 2 aliphatic heterocycles. The number of aliphatic hydroxyl groups is 1. The molecule has 4 rings (SSSR count). The van der Waals surface area contributed by atoms with Gasteiger partial charge in [0.05, 0.1) is 6.61 Å². The van der Waals surface area contributed by atoms with Crippen LogP contribution in [0.5, 0.6) is 0 Å². The first-order valence-corrected chi connectivity index (χ1v) is 9.69. The fraction of sp³-hybridized carbons (Fsp3) is 0.571. The molecule has 1 N–H and O–H groups in total. The first-order valence-electron chi connectivity index (χ1n) is 9.69. The van der Waals surface area contributed by atoms with Crippen LogP contribution in [0.4, 0.5) is 0 Å². The van der Waals surface area contributed by atoms with E-state index in [2.05, 4.69) is 38.7 Å². The summed E-state index contributed by atoms with van der Waals surface area (Å²) in [4.78, 5) is 7.05. The Kier molecular flexibility index (Phi) is 5.11. The van der Waals surface area contributed by atoms with Gasteiger partial charge in [-0.15, -0.1) is 0 Å². The van der Waals surface area contributed by atoms with E-state index < -0.39 is 0 Å². The van der Waals surface area contributed by atoms with Crippen LogP contribution < -0.4 is 0 Å². The quantitative estimate of drug-likeness (QED) is 0.895. The number of benzene rings is 1. The molecule has 2 atom stereocenters. The second-order valence-corrected chi connectivity index (χ2v) is 7.84. The van der Waals surface area contributed by atoms with E-state index in [-0.39, 0.29) is 18.1 Å². The Morgan fingerprint density at radius 1 is 1.23 bits per heavy atom. The molecule has 0 amide bonds. The summed E-state index contributed by atoms with van der Waals surface area (Å²) in [7, 11) is 2.04. The topological polar surface area (TPSA) is 50.5 Å². The molecule has 0 radical (unpaired) electrons. The van der Waals surface area contributed by atoms with E-state index in [9.17, 15) is 5.11 Å². The largest absolute Gasteiger partial charge is 0.395 e. The van der Waals surface area contributed by atoms with Crippen LogP contribution in [0.15, 0.2) is 42.7 Å². The Hall–Kier alpha value is -1.69. The molecule has 0 spiro atoms. The van der Waals surface area contributed by atoms with E-state index in [1.165, 1.54) is 5.56 Å². The second kappa shape index (κ2) is 7.51. The predicted molar refractivity (Wildman–Crippen MR) is 101 cm³/mol. The molecule has 0 unspecified atom stereocenters. The smallest absolute Gasteiger partial charge is 0.137 e. The van der Waals surface area contributed by atoms with Gasteiger partial charge in [-0.1, -0.05) is 30.3 Å². The van der Waals surface area contributed by atoms with E-state index >= 15 is 0 Å². The van der Waals surface area contributed by atoms with Crippen molar-refractivity contribution in [1.82, 2.24) is 14.5 Å². The van der Waals surface area contributed by atoms with E-state index in [0.717, 1.165) is 51.3 Å². The van der Waals surface area contributed by atoms with Gasteiger partial charge in [0.15, 0.2) is 0 Å². The van der Waals surface area contributed by atoms with Crippen LogP contribution in [-0.2, 0) is 17.2 Å². The fourth-order valence-corrected chi connectivity index (χ4v) is 4.58. The molecule has 1 aromatic carbocycles. The van der Waals surface area contributed by atoms with Crippen molar-refractivity contribution in [1.29, 1.82) is 0 Å². The van der Waals surface area contributed by atoms with Crippen molar-refractivity contribution in [2.75, 3.05) is 32.8 Å². The molecule has 3 heterocycles. The molecule has 1 aromatic heterocycles. The molecule has 2 saturated heterocycles. The van der Waals surface area contributed by atoms with Crippen LogP contribution in [0.1, 0.15) is 36.8 Å². The third-order valence-electron chi connectivity index (χ3n) is 6.32. The number of nitrogens with zero attached hydrogens (tertiary/aromatic N) is 3. The van der Waals surface area contributed by atoms with Gasteiger partial charge in [-0.3, -0.25) is 0 Å². The fourth-order valence-electron chi connectivity index (χ4n) is 4.58. The minimum Gasteiger partial charge on any atom is -0.395 e. The van der Waals surface area contributed by atoms with Crippen molar-refractivity contribution >= 4 is 0 Å². The van der Waals surface area contributed by atoms with Gasteiger partial charge in [0, 0.05) is 43.9 Å². The first kappa shape index (κ1) is 17.7. The maximum absolute atomic E-state index is 10.1. The zero-order valence-corrected chi connectivity index (χ0v) is 15.6. The highest BCUT2D eigenvalue weighted by molar-refractivity contribution is 5.26. The Morgan fingerprint density at radius 2 is 2.00 bits per heavy atom. The Bertz CT molecular complexity index is 707. The van der Waals surface area contributed by atoms with Crippen LogP contribution in [-0.4, -0.2) is 52.4 Å². The molecule has 0 aliphatic carbocycles. The third-order valence-corrected chi connectivity index (χ3v) is 6.32. The van der Waals surface area contributed by atoms with Gasteiger partial charge in [0.1, 0.15) is 11.9 Å². The van der Waals surface area contributed by atoms with Crippen LogP contribution in [0.3, 0.4) is 0 Å². The lowest BCUT2D eigenvalue weighted by atomic mass is 9.73. The van der Waals surface area contributed by atoms with Crippen molar-refractivity contribution in [2.24, 2.45) is 13.0 Å². The molecule has 0 saturated carbocycles. The zero-order valence-electron chi connectivity index (χ0n) is 15.6. The Labute approximate surface area is 155 Å². The number of likely N-dealkylation sites (tertiary alicyclic amines) is 1. The van der Waals surface area contributed by atoms with Crippen molar-refractivity contribution in [3.8, 4) is 0 Å². The zero-order chi connectivity index (χ0) is 18.0. The van der Waals surface area contributed by atoms with Gasteiger partial charge < -0.3 is 19.3 Å². The van der Waals surface area contributed by atoms with E-state index in [1.807, 2.05) is 25.5 Å². The van der Waals surface area contributed by atoms with Gasteiger partial charge in [0.25, 0.3) is 0 Å². The van der Waals surface area contributed by atoms with Gasteiger partial charge in [-0.2, -0.15) is 0 Å². The summed E-state index contributed by atoms with van der Waals surface area (Å²) in [6.07, 6.45) is 7.06. The van der Waals surface area contributed by atoms with Crippen LogP contribution in [0.2, 0.25) is 0 Å². The molecule has 26 heavy (non-hydrogen) atoms. The number of aryl methyl sites for hydroxylation is 1. The summed E-state index contributed by atoms with van der Waals surface area (Å²) in [6, 6.07) is 10.5. The molecular formula is C21H29N3O2. The average Bonchev–Trinajstić information content (AvgIpc) is 3.31. The molecule has 5 nitrogen and oxygen atoms in total. The monoisotopic (exact) mass is 355 g/mol. The molecule has 5 heteroatoms. The van der Waals surface area contributed by atoms with E-state index in [4.69, 9.17) is 4.74 Å². The summed E-state index contributed by atoms with van der Waals surface area (Å²) < 4.78 is 8.09. The number of hydrogen-bond acceptors (Lipinski definition) is 4. The van der Waals surface area contributed by atoms with Crippen LogP contribution >= 0.6 is 0 Å².